The predicted octanol–water partition coefficient (Wildman–Crippen LogP) is 4.15. The van der Waals surface area contributed by atoms with Crippen LogP contribution in [0.3, 0.4) is 0 Å². The summed E-state index contributed by atoms with van der Waals surface area (Å²) in [6, 6.07) is 17.6. The van der Waals surface area contributed by atoms with Crippen LogP contribution in [0.25, 0.3) is 0 Å². The monoisotopic (exact) mass is 269 g/mol. The number of rotatable bonds is 3. The van der Waals surface area contributed by atoms with Crippen molar-refractivity contribution < 1.29 is 0 Å². The molecule has 0 aromatic heterocycles. The third-order valence-electron chi connectivity index (χ3n) is 3.67. The zero-order valence-corrected chi connectivity index (χ0v) is 12.3. The van der Waals surface area contributed by atoms with Gasteiger partial charge in [-0.2, -0.15) is 0 Å². The number of nitrogens with zero attached hydrogens (tertiary/aromatic N) is 1. The third kappa shape index (κ3) is 2.79. The lowest BCUT2D eigenvalue weighted by molar-refractivity contribution is 0.814. The van der Waals surface area contributed by atoms with Crippen LogP contribution in [0.15, 0.2) is 53.4 Å². The number of hydrogen-bond donors (Lipinski definition) is 0. The maximum absolute atomic E-state index is 2.36. The minimum atomic E-state index is 0.670. The van der Waals surface area contributed by atoms with Crippen molar-refractivity contribution in [2.24, 2.45) is 0 Å². The molecule has 98 valence electrons. The average Bonchev–Trinajstić information content (AvgIpc) is 2.81. The van der Waals surface area contributed by atoms with Gasteiger partial charge in [0.15, 0.2) is 0 Å². The first-order valence-corrected chi connectivity index (χ1v) is 7.63. The van der Waals surface area contributed by atoms with Gasteiger partial charge < -0.3 is 4.90 Å². The number of fused-ring (bicyclic) bond motifs is 1. The van der Waals surface area contributed by atoms with Crippen LogP contribution in [-0.2, 0) is 6.42 Å². The fourth-order valence-electron chi connectivity index (χ4n) is 2.57. The van der Waals surface area contributed by atoms with Gasteiger partial charge in [0, 0.05) is 29.4 Å². The highest BCUT2D eigenvalue weighted by atomic mass is 32.2. The first-order chi connectivity index (χ1) is 9.22. The van der Waals surface area contributed by atoms with Gasteiger partial charge in [-0.15, -0.1) is 11.8 Å². The molecule has 0 amide bonds. The van der Waals surface area contributed by atoms with E-state index in [-0.39, 0.29) is 0 Å². The Balaban J connectivity index is 1.66. The third-order valence-corrected chi connectivity index (χ3v) is 4.97. The minimum Gasteiger partial charge on any atom is -0.373 e. The summed E-state index contributed by atoms with van der Waals surface area (Å²) in [5, 5.41) is 0.670. The summed E-state index contributed by atoms with van der Waals surface area (Å²) in [6.07, 6.45) is 1.19. The molecule has 0 saturated carbocycles. The minimum absolute atomic E-state index is 0.670. The van der Waals surface area contributed by atoms with E-state index in [2.05, 4.69) is 67.4 Å². The van der Waals surface area contributed by atoms with E-state index in [0.717, 1.165) is 6.54 Å². The van der Waals surface area contributed by atoms with Gasteiger partial charge in [0.2, 0.25) is 0 Å². The van der Waals surface area contributed by atoms with Crippen LogP contribution in [-0.4, -0.2) is 18.8 Å². The second-order valence-electron chi connectivity index (χ2n) is 5.27. The molecule has 1 atom stereocenters. The molecule has 1 aliphatic heterocycles. The van der Waals surface area contributed by atoms with E-state index < -0.39 is 0 Å². The molecular weight excluding hydrogens is 250 g/mol. The van der Waals surface area contributed by atoms with Gasteiger partial charge in [-0.25, -0.2) is 0 Å². The molecule has 1 unspecified atom stereocenters. The summed E-state index contributed by atoms with van der Waals surface area (Å²) >= 11 is 2.02. The Morgan fingerprint density at radius 2 is 1.84 bits per heavy atom. The van der Waals surface area contributed by atoms with E-state index in [0.29, 0.717) is 5.25 Å². The molecule has 0 N–H and O–H groups in total. The van der Waals surface area contributed by atoms with Gasteiger partial charge in [-0.3, -0.25) is 0 Å². The zero-order valence-electron chi connectivity index (χ0n) is 11.5. The van der Waals surface area contributed by atoms with Gasteiger partial charge in [0.1, 0.15) is 0 Å². The Hall–Kier alpha value is -1.41. The summed E-state index contributed by atoms with van der Waals surface area (Å²) in [7, 11) is 2.19. The fraction of sp³-hybridized carbons (Fsp3) is 0.294. The Kier molecular flexibility index (Phi) is 3.52. The van der Waals surface area contributed by atoms with Crippen molar-refractivity contribution in [1.29, 1.82) is 0 Å². The van der Waals surface area contributed by atoms with Crippen molar-refractivity contribution in [1.82, 2.24) is 0 Å². The lowest BCUT2D eigenvalue weighted by atomic mass is 10.1. The number of benzene rings is 2. The van der Waals surface area contributed by atoms with E-state index in [1.165, 1.54) is 28.1 Å². The fourth-order valence-corrected chi connectivity index (χ4v) is 3.95. The average molecular weight is 269 g/mol. The molecule has 0 spiro atoms. The molecule has 1 heterocycles. The van der Waals surface area contributed by atoms with Crippen LogP contribution < -0.4 is 4.90 Å². The van der Waals surface area contributed by atoms with E-state index in [1.54, 1.807) is 0 Å². The van der Waals surface area contributed by atoms with Crippen LogP contribution in [0.1, 0.15) is 11.1 Å². The van der Waals surface area contributed by atoms with E-state index in [4.69, 9.17) is 0 Å². The van der Waals surface area contributed by atoms with Crippen molar-refractivity contribution in [2.45, 2.75) is 23.5 Å². The summed E-state index contributed by atoms with van der Waals surface area (Å²) in [6.45, 7) is 3.23. The quantitative estimate of drug-likeness (QED) is 0.823. The van der Waals surface area contributed by atoms with Crippen LogP contribution in [0.2, 0.25) is 0 Å². The largest absolute Gasteiger partial charge is 0.373 e. The highest BCUT2D eigenvalue weighted by Gasteiger charge is 2.22. The number of aryl methyl sites for hydroxylation is 1. The van der Waals surface area contributed by atoms with Crippen molar-refractivity contribution in [3.8, 4) is 0 Å². The molecule has 3 rings (SSSR count). The van der Waals surface area contributed by atoms with Gasteiger partial charge in [0.25, 0.3) is 0 Å². The standard InChI is InChI=1S/C17H19NS/c1-13-7-9-15(10-8-13)18(2)12-16-11-14-5-3-4-6-17(14)19-16/h3-10,16H,11-12H2,1-2H3. The second-order valence-corrected chi connectivity index (χ2v) is 6.61. The van der Waals surface area contributed by atoms with Gasteiger partial charge >= 0.3 is 0 Å². The molecule has 0 aliphatic carbocycles. The predicted molar refractivity (Wildman–Crippen MR) is 84.2 cm³/mol. The zero-order chi connectivity index (χ0) is 13.2. The first-order valence-electron chi connectivity index (χ1n) is 6.75. The molecule has 2 aromatic rings. The van der Waals surface area contributed by atoms with Crippen LogP contribution in [0, 0.1) is 6.92 Å². The maximum Gasteiger partial charge on any atom is 0.0364 e. The summed E-state index contributed by atoms with van der Waals surface area (Å²) < 4.78 is 0. The highest BCUT2D eigenvalue weighted by molar-refractivity contribution is 8.00. The molecule has 2 heteroatoms. The first kappa shape index (κ1) is 12.6. The van der Waals surface area contributed by atoms with E-state index >= 15 is 0 Å². The number of anilines is 1. The number of thioether (sulfide) groups is 1. The van der Waals surface area contributed by atoms with Crippen LogP contribution >= 0.6 is 11.8 Å². The van der Waals surface area contributed by atoms with Gasteiger partial charge in [0.05, 0.1) is 0 Å². The molecule has 0 bridgehead atoms. The SMILES string of the molecule is Cc1ccc(N(C)CC2Cc3ccccc3S2)cc1. The lowest BCUT2D eigenvalue weighted by Gasteiger charge is -2.22. The Morgan fingerprint density at radius 1 is 1.11 bits per heavy atom. The topological polar surface area (TPSA) is 3.24 Å². The van der Waals surface area contributed by atoms with Crippen molar-refractivity contribution in [3.05, 3.63) is 59.7 Å². The Morgan fingerprint density at radius 3 is 2.58 bits per heavy atom. The van der Waals surface area contributed by atoms with Gasteiger partial charge in [-0.05, 0) is 37.1 Å². The normalized spacial score (nSPS) is 17.3. The summed E-state index contributed by atoms with van der Waals surface area (Å²) in [5.41, 5.74) is 4.14. The van der Waals surface area contributed by atoms with Crippen molar-refractivity contribution in [3.63, 3.8) is 0 Å². The molecule has 1 nitrogen and oxygen atoms in total. The van der Waals surface area contributed by atoms with Gasteiger partial charge in [-0.1, -0.05) is 35.9 Å². The molecule has 2 aromatic carbocycles. The molecule has 0 radical (unpaired) electrons. The number of hydrogen-bond acceptors (Lipinski definition) is 2. The molecule has 0 saturated heterocycles. The Labute approximate surface area is 119 Å². The molecule has 19 heavy (non-hydrogen) atoms. The van der Waals surface area contributed by atoms with Crippen LogP contribution in [0.5, 0.6) is 0 Å². The molecular formula is C17H19NS. The van der Waals surface area contributed by atoms with E-state index in [1.807, 2.05) is 11.8 Å². The molecule has 1 aliphatic rings. The van der Waals surface area contributed by atoms with E-state index in [9.17, 15) is 0 Å². The maximum atomic E-state index is 2.36. The van der Waals surface area contributed by atoms with Crippen molar-refractivity contribution >= 4 is 17.4 Å². The summed E-state index contributed by atoms with van der Waals surface area (Å²) in [4.78, 5) is 3.83. The van der Waals surface area contributed by atoms with Crippen LogP contribution in [0.4, 0.5) is 5.69 Å². The molecule has 0 fully saturated rings. The Bertz CT molecular complexity index is 537. The van der Waals surface area contributed by atoms with Crippen molar-refractivity contribution in [2.75, 3.05) is 18.5 Å². The smallest absolute Gasteiger partial charge is 0.0364 e. The second kappa shape index (κ2) is 5.30. The highest BCUT2D eigenvalue weighted by Crippen LogP contribution is 2.37. The lowest BCUT2D eigenvalue weighted by Crippen LogP contribution is -2.26. The summed E-state index contributed by atoms with van der Waals surface area (Å²) in [5.74, 6) is 0.